The van der Waals surface area contributed by atoms with Crippen molar-refractivity contribution in [3.8, 4) is 5.19 Å². The van der Waals surface area contributed by atoms with E-state index in [-0.39, 0.29) is 30.6 Å². The zero-order valence-corrected chi connectivity index (χ0v) is 18.3. The molecule has 0 bridgehead atoms. The summed E-state index contributed by atoms with van der Waals surface area (Å²) in [5, 5.41) is 1.28. The van der Waals surface area contributed by atoms with Gasteiger partial charge in [0, 0.05) is 49.4 Å². The molecule has 1 aliphatic rings. The van der Waals surface area contributed by atoms with Crippen molar-refractivity contribution in [1.29, 1.82) is 0 Å². The third-order valence-corrected chi connectivity index (χ3v) is 6.56. The predicted molar refractivity (Wildman–Crippen MR) is 120 cm³/mol. The number of aryl methyl sites for hydroxylation is 1. The van der Waals surface area contributed by atoms with Crippen molar-refractivity contribution >= 4 is 44.8 Å². The molecule has 1 aliphatic heterocycles. The van der Waals surface area contributed by atoms with Gasteiger partial charge in [0.1, 0.15) is 6.10 Å². The molecule has 1 amide bonds. The van der Waals surface area contributed by atoms with Crippen LogP contribution in [0.5, 0.6) is 5.19 Å². The third-order valence-electron chi connectivity index (χ3n) is 5.40. The number of para-hydroxylation sites is 1. The SMILES string of the molecule is Cc1cccc2sc(OC3CCN(C(=O)CCC(=O)c4ccc(Cl)cc4)CC3)nc12. The molecule has 0 radical (unpaired) electrons. The summed E-state index contributed by atoms with van der Waals surface area (Å²) in [5.41, 5.74) is 2.73. The summed E-state index contributed by atoms with van der Waals surface area (Å²) >= 11 is 7.41. The molecular formula is C23H23ClN2O3S. The fourth-order valence-corrected chi connectivity index (χ4v) is 4.73. The van der Waals surface area contributed by atoms with Gasteiger partial charge in [-0.1, -0.05) is 35.1 Å². The molecule has 7 heteroatoms. The van der Waals surface area contributed by atoms with E-state index in [1.54, 1.807) is 35.6 Å². The average molecular weight is 443 g/mol. The van der Waals surface area contributed by atoms with Crippen molar-refractivity contribution in [2.45, 2.75) is 38.7 Å². The Morgan fingerprint density at radius 1 is 1.13 bits per heavy atom. The number of benzene rings is 2. The normalized spacial score (nSPS) is 14.8. The van der Waals surface area contributed by atoms with E-state index >= 15 is 0 Å². The number of halogens is 1. The van der Waals surface area contributed by atoms with Crippen LogP contribution in [0, 0.1) is 6.92 Å². The average Bonchev–Trinajstić information content (AvgIpc) is 3.17. The number of amides is 1. The summed E-state index contributed by atoms with van der Waals surface area (Å²) < 4.78 is 7.22. The zero-order valence-electron chi connectivity index (χ0n) is 16.8. The van der Waals surface area contributed by atoms with Crippen LogP contribution in [-0.4, -0.2) is 40.8 Å². The molecule has 1 saturated heterocycles. The standard InChI is InChI=1S/C23H23ClN2O3S/c1-15-3-2-4-20-22(15)25-23(30-20)29-18-11-13-26(14-12-18)21(28)10-9-19(27)16-5-7-17(24)8-6-16/h2-8,18H,9-14H2,1H3. The molecular weight excluding hydrogens is 420 g/mol. The number of thiazole rings is 1. The lowest BCUT2D eigenvalue weighted by Crippen LogP contribution is -2.41. The van der Waals surface area contributed by atoms with E-state index in [0.29, 0.717) is 28.9 Å². The maximum absolute atomic E-state index is 12.5. The van der Waals surface area contributed by atoms with Crippen molar-refractivity contribution in [3.05, 3.63) is 58.6 Å². The van der Waals surface area contributed by atoms with Crippen LogP contribution < -0.4 is 4.74 Å². The van der Waals surface area contributed by atoms with Crippen molar-refractivity contribution < 1.29 is 14.3 Å². The summed E-state index contributed by atoms with van der Waals surface area (Å²) in [6.07, 6.45) is 2.04. The number of ether oxygens (including phenoxy) is 1. The maximum atomic E-state index is 12.5. The number of aromatic nitrogens is 1. The van der Waals surface area contributed by atoms with Crippen LogP contribution in [0.4, 0.5) is 0 Å². The minimum absolute atomic E-state index is 0.0198. The number of piperidine rings is 1. The van der Waals surface area contributed by atoms with Gasteiger partial charge in [-0.3, -0.25) is 9.59 Å². The van der Waals surface area contributed by atoms with Crippen LogP contribution in [-0.2, 0) is 4.79 Å². The van der Waals surface area contributed by atoms with Gasteiger partial charge in [0.2, 0.25) is 5.91 Å². The number of ketones is 1. The Kier molecular flexibility index (Phi) is 6.35. The van der Waals surface area contributed by atoms with Crippen molar-refractivity contribution in [2.24, 2.45) is 0 Å². The van der Waals surface area contributed by atoms with Crippen molar-refractivity contribution in [2.75, 3.05) is 13.1 Å². The summed E-state index contributed by atoms with van der Waals surface area (Å²) in [6, 6.07) is 12.9. The Labute approximate surface area is 184 Å². The largest absolute Gasteiger partial charge is 0.467 e. The number of Topliss-reactive ketones (excluding diaryl/α,β-unsaturated/α-hetero) is 1. The number of carbonyl (C=O) groups is 2. The number of fused-ring (bicyclic) bond motifs is 1. The lowest BCUT2D eigenvalue weighted by molar-refractivity contribution is -0.132. The second-order valence-corrected chi connectivity index (χ2v) is 8.96. The number of hydrogen-bond acceptors (Lipinski definition) is 5. The first-order valence-electron chi connectivity index (χ1n) is 10.1. The smallest absolute Gasteiger partial charge is 0.274 e. The molecule has 0 atom stereocenters. The van der Waals surface area contributed by atoms with Crippen molar-refractivity contribution in [3.63, 3.8) is 0 Å². The van der Waals surface area contributed by atoms with Gasteiger partial charge in [-0.25, -0.2) is 4.98 Å². The molecule has 0 saturated carbocycles. The van der Waals surface area contributed by atoms with E-state index < -0.39 is 0 Å². The number of likely N-dealkylation sites (tertiary alicyclic amines) is 1. The summed E-state index contributed by atoms with van der Waals surface area (Å²) in [5.74, 6) is -0.0178. The van der Waals surface area contributed by atoms with Gasteiger partial charge in [-0.2, -0.15) is 0 Å². The quantitative estimate of drug-likeness (QED) is 0.486. The summed E-state index contributed by atoms with van der Waals surface area (Å²) in [6.45, 7) is 3.33. The second kappa shape index (κ2) is 9.14. The molecule has 2 aromatic carbocycles. The third kappa shape index (κ3) is 4.82. The first-order valence-corrected chi connectivity index (χ1v) is 11.3. The number of hydrogen-bond donors (Lipinski definition) is 0. The lowest BCUT2D eigenvalue weighted by atomic mass is 10.0. The second-order valence-electron chi connectivity index (χ2n) is 7.53. The first-order chi connectivity index (χ1) is 14.5. The molecule has 2 heterocycles. The topological polar surface area (TPSA) is 59.5 Å². The summed E-state index contributed by atoms with van der Waals surface area (Å²) in [4.78, 5) is 31.2. The van der Waals surface area contributed by atoms with Crippen LogP contribution in [0.2, 0.25) is 5.02 Å². The van der Waals surface area contributed by atoms with Crippen LogP contribution in [0.15, 0.2) is 42.5 Å². The van der Waals surface area contributed by atoms with Gasteiger partial charge >= 0.3 is 0 Å². The fraction of sp³-hybridized carbons (Fsp3) is 0.348. The predicted octanol–water partition coefficient (Wildman–Crippen LogP) is 5.29. The molecule has 156 valence electrons. The highest BCUT2D eigenvalue weighted by Crippen LogP contribution is 2.31. The molecule has 30 heavy (non-hydrogen) atoms. The Morgan fingerprint density at radius 3 is 2.57 bits per heavy atom. The molecule has 1 fully saturated rings. The van der Waals surface area contributed by atoms with E-state index in [1.807, 2.05) is 24.0 Å². The molecule has 0 N–H and O–H groups in total. The Morgan fingerprint density at radius 2 is 1.87 bits per heavy atom. The highest BCUT2D eigenvalue weighted by molar-refractivity contribution is 7.20. The first kappa shape index (κ1) is 20.8. The Balaban J connectivity index is 1.25. The lowest BCUT2D eigenvalue weighted by Gasteiger charge is -2.31. The molecule has 0 unspecified atom stereocenters. The monoisotopic (exact) mass is 442 g/mol. The maximum Gasteiger partial charge on any atom is 0.274 e. The Hall–Kier alpha value is -2.44. The van der Waals surface area contributed by atoms with Gasteiger partial charge in [0.25, 0.3) is 5.19 Å². The van der Waals surface area contributed by atoms with E-state index in [9.17, 15) is 9.59 Å². The number of rotatable bonds is 6. The molecule has 0 aliphatic carbocycles. The minimum atomic E-state index is -0.0376. The van der Waals surface area contributed by atoms with E-state index in [0.717, 1.165) is 28.6 Å². The van der Waals surface area contributed by atoms with Gasteiger partial charge in [-0.15, -0.1) is 0 Å². The summed E-state index contributed by atoms with van der Waals surface area (Å²) in [7, 11) is 0. The van der Waals surface area contributed by atoms with Crippen LogP contribution in [0.3, 0.4) is 0 Å². The highest BCUT2D eigenvalue weighted by Gasteiger charge is 2.25. The minimum Gasteiger partial charge on any atom is -0.467 e. The number of nitrogens with zero attached hydrogens (tertiary/aromatic N) is 2. The van der Waals surface area contributed by atoms with Crippen LogP contribution >= 0.6 is 22.9 Å². The highest BCUT2D eigenvalue weighted by atomic mass is 35.5. The van der Waals surface area contributed by atoms with E-state index in [1.165, 1.54) is 0 Å². The van der Waals surface area contributed by atoms with Crippen LogP contribution in [0.1, 0.15) is 41.6 Å². The molecule has 0 spiro atoms. The Bertz CT molecular complexity index is 1060. The van der Waals surface area contributed by atoms with Crippen molar-refractivity contribution in [1.82, 2.24) is 9.88 Å². The zero-order chi connectivity index (χ0) is 21.1. The van der Waals surface area contributed by atoms with E-state index in [2.05, 4.69) is 11.1 Å². The van der Waals surface area contributed by atoms with Gasteiger partial charge < -0.3 is 9.64 Å². The van der Waals surface area contributed by atoms with E-state index in [4.69, 9.17) is 16.3 Å². The molecule has 5 nitrogen and oxygen atoms in total. The van der Waals surface area contributed by atoms with Gasteiger partial charge in [0.15, 0.2) is 5.78 Å². The van der Waals surface area contributed by atoms with Gasteiger partial charge in [0.05, 0.1) is 10.2 Å². The molecule has 4 rings (SSSR count). The van der Waals surface area contributed by atoms with Gasteiger partial charge in [-0.05, 0) is 42.8 Å². The van der Waals surface area contributed by atoms with Crippen LogP contribution in [0.25, 0.3) is 10.2 Å². The fourth-order valence-electron chi connectivity index (χ4n) is 3.64. The molecule has 1 aromatic heterocycles. The number of carbonyl (C=O) groups excluding carboxylic acids is 2. The molecule has 3 aromatic rings.